The van der Waals surface area contributed by atoms with Crippen molar-refractivity contribution in [2.75, 3.05) is 20.2 Å². The molecule has 5 nitrogen and oxygen atoms in total. The van der Waals surface area contributed by atoms with Crippen molar-refractivity contribution in [2.45, 2.75) is 31.9 Å². The summed E-state index contributed by atoms with van der Waals surface area (Å²) in [5.74, 6) is 0.584. The maximum absolute atomic E-state index is 11.6. The molecule has 6 heteroatoms. The number of rotatable bonds is 10. The Hall–Kier alpha value is -2.47. The zero-order valence-electron chi connectivity index (χ0n) is 16.7. The van der Waals surface area contributed by atoms with E-state index < -0.39 is 0 Å². The van der Waals surface area contributed by atoms with Gasteiger partial charge in [0.2, 0.25) is 5.91 Å². The van der Waals surface area contributed by atoms with Gasteiger partial charge in [-0.3, -0.25) is 14.9 Å². The largest absolute Gasteiger partial charge is 0.492 e. The van der Waals surface area contributed by atoms with Crippen molar-refractivity contribution in [2.24, 2.45) is 0 Å². The molecule has 0 aliphatic carbocycles. The number of nitrogens with zero attached hydrogens (tertiary/aromatic N) is 1. The number of thioether (sulfide) groups is 1. The first-order chi connectivity index (χ1) is 13.5. The van der Waals surface area contributed by atoms with Crippen LogP contribution in [0, 0.1) is 0 Å². The second-order valence-corrected chi connectivity index (χ2v) is 7.71. The first-order valence-electron chi connectivity index (χ1n) is 9.44. The summed E-state index contributed by atoms with van der Waals surface area (Å²) in [7, 11) is 2.04. The van der Waals surface area contributed by atoms with Gasteiger partial charge in [-0.1, -0.05) is 55.1 Å². The summed E-state index contributed by atoms with van der Waals surface area (Å²) in [6, 6.07) is 7.69. The van der Waals surface area contributed by atoms with E-state index in [0.717, 1.165) is 36.0 Å². The molecule has 0 radical (unpaired) electrons. The van der Waals surface area contributed by atoms with E-state index in [1.54, 1.807) is 0 Å². The molecular weight excluding hydrogens is 372 g/mol. The Balaban J connectivity index is 1.74. The fourth-order valence-electron chi connectivity index (χ4n) is 2.54. The van der Waals surface area contributed by atoms with Gasteiger partial charge in [0, 0.05) is 12.7 Å². The van der Waals surface area contributed by atoms with Crippen molar-refractivity contribution >= 4 is 22.9 Å². The lowest BCUT2D eigenvalue weighted by Crippen LogP contribution is -2.25. The van der Waals surface area contributed by atoms with Gasteiger partial charge in [-0.25, -0.2) is 0 Å². The Morgan fingerprint density at radius 3 is 2.61 bits per heavy atom. The maximum atomic E-state index is 11.6. The van der Waals surface area contributed by atoms with E-state index in [4.69, 9.17) is 4.74 Å². The summed E-state index contributed by atoms with van der Waals surface area (Å²) >= 11 is 1.05. The van der Waals surface area contributed by atoms with Crippen LogP contribution in [0.5, 0.6) is 5.75 Å². The molecule has 1 fully saturated rings. The fraction of sp³-hybridized carbons (Fsp3) is 0.364. The number of benzene rings is 1. The topological polar surface area (TPSA) is 58.6 Å². The van der Waals surface area contributed by atoms with Crippen LogP contribution in [-0.2, 0) is 11.2 Å². The monoisotopic (exact) mass is 400 g/mol. The molecule has 1 N–H and O–H groups in total. The van der Waals surface area contributed by atoms with Crippen molar-refractivity contribution in [1.29, 1.82) is 0 Å². The van der Waals surface area contributed by atoms with Crippen molar-refractivity contribution in [3.63, 3.8) is 0 Å². The average molecular weight is 401 g/mol. The van der Waals surface area contributed by atoms with Gasteiger partial charge < -0.3 is 9.64 Å². The average Bonchev–Trinajstić information content (AvgIpc) is 2.99. The number of ether oxygens (including phenoxy) is 1. The lowest BCUT2D eigenvalue weighted by Gasteiger charge is -2.19. The zero-order valence-corrected chi connectivity index (χ0v) is 17.5. The number of imide groups is 1. The molecule has 0 aromatic heterocycles. The van der Waals surface area contributed by atoms with Gasteiger partial charge in [-0.15, -0.1) is 0 Å². The smallest absolute Gasteiger partial charge is 0.286 e. The third-order valence-electron chi connectivity index (χ3n) is 4.34. The molecule has 1 atom stereocenters. The Kier molecular flexibility index (Phi) is 8.88. The first-order valence-corrected chi connectivity index (χ1v) is 10.3. The van der Waals surface area contributed by atoms with Gasteiger partial charge in [0.05, 0.1) is 11.8 Å². The van der Waals surface area contributed by atoms with E-state index in [2.05, 4.69) is 36.2 Å². The highest BCUT2D eigenvalue weighted by Gasteiger charge is 2.31. The van der Waals surface area contributed by atoms with Crippen LogP contribution in [0.3, 0.4) is 0 Å². The summed E-state index contributed by atoms with van der Waals surface area (Å²) in [5, 5.41) is 1.71. The molecule has 28 heavy (non-hydrogen) atoms. The Morgan fingerprint density at radius 1 is 1.21 bits per heavy atom. The van der Waals surface area contributed by atoms with E-state index in [-0.39, 0.29) is 16.4 Å². The quantitative estimate of drug-likeness (QED) is 0.593. The second kappa shape index (κ2) is 11.4. The minimum absolute atomic E-state index is 0.210. The highest BCUT2D eigenvalue weighted by Crippen LogP contribution is 2.23. The Bertz CT molecular complexity index is 754. The molecule has 1 aromatic rings. The second-order valence-electron chi connectivity index (χ2n) is 6.53. The van der Waals surface area contributed by atoms with Crippen molar-refractivity contribution < 1.29 is 14.3 Å². The lowest BCUT2D eigenvalue weighted by atomic mass is 10.1. The van der Waals surface area contributed by atoms with Crippen LogP contribution in [-0.4, -0.2) is 41.5 Å². The normalized spacial score (nSPS) is 17.5. The first kappa shape index (κ1) is 21.8. The molecule has 1 aliphatic rings. The lowest BCUT2D eigenvalue weighted by molar-refractivity contribution is -0.118. The van der Waals surface area contributed by atoms with Gasteiger partial charge in [0.25, 0.3) is 5.24 Å². The zero-order chi connectivity index (χ0) is 20.4. The van der Waals surface area contributed by atoms with Gasteiger partial charge in [-0.05, 0) is 43.5 Å². The standard InChI is InChI=1S/C22H28N2O3S/c1-4-5-6-7-8-9-17(2)24(3)14-15-27-19-12-10-18(11-13-19)16-20-21(25)23-22(26)28-20/h5-13,20H,4,14-16H2,1-3H3,(H,23,25,26)/b6-5+,8-7-,17-9+. The van der Waals surface area contributed by atoms with Crippen LogP contribution >= 0.6 is 11.8 Å². The number of nitrogens with one attached hydrogen (secondary N) is 1. The predicted molar refractivity (Wildman–Crippen MR) is 116 cm³/mol. The van der Waals surface area contributed by atoms with Crippen LogP contribution in [0.1, 0.15) is 25.8 Å². The van der Waals surface area contributed by atoms with E-state index in [9.17, 15) is 9.59 Å². The van der Waals surface area contributed by atoms with Crippen LogP contribution in [0.2, 0.25) is 0 Å². The molecule has 0 saturated carbocycles. The fourth-order valence-corrected chi connectivity index (χ4v) is 3.40. The van der Waals surface area contributed by atoms with Crippen molar-refractivity contribution in [1.82, 2.24) is 10.2 Å². The van der Waals surface area contributed by atoms with Gasteiger partial charge >= 0.3 is 0 Å². The Morgan fingerprint density at radius 2 is 1.96 bits per heavy atom. The van der Waals surface area contributed by atoms with E-state index in [0.29, 0.717) is 13.0 Å². The summed E-state index contributed by atoms with van der Waals surface area (Å²) in [6.07, 6.45) is 11.9. The Labute approximate surface area is 171 Å². The molecule has 1 aromatic carbocycles. The molecule has 150 valence electrons. The molecule has 0 bridgehead atoms. The van der Waals surface area contributed by atoms with Gasteiger partial charge in [0.15, 0.2) is 0 Å². The third-order valence-corrected chi connectivity index (χ3v) is 5.32. The maximum Gasteiger partial charge on any atom is 0.286 e. The van der Waals surface area contributed by atoms with Crippen LogP contribution in [0.25, 0.3) is 0 Å². The minimum Gasteiger partial charge on any atom is -0.492 e. The molecule has 2 rings (SSSR count). The number of carbonyl (C=O) groups excluding carboxylic acids is 2. The minimum atomic E-state index is -0.339. The third kappa shape index (κ3) is 7.27. The highest BCUT2D eigenvalue weighted by molar-refractivity contribution is 8.15. The molecule has 1 saturated heterocycles. The SMILES string of the molecule is CC/C=C/C=C\C=C(/C)N(C)CCOc1ccc(CC2SC(=O)NC2=O)cc1. The number of hydrogen-bond acceptors (Lipinski definition) is 5. The highest BCUT2D eigenvalue weighted by atomic mass is 32.2. The van der Waals surface area contributed by atoms with E-state index in [1.807, 2.05) is 49.5 Å². The molecule has 1 heterocycles. The number of allylic oxidation sites excluding steroid dienone is 6. The van der Waals surface area contributed by atoms with E-state index >= 15 is 0 Å². The molecule has 0 spiro atoms. The summed E-state index contributed by atoms with van der Waals surface area (Å²) < 4.78 is 5.81. The molecule has 2 amide bonds. The number of likely N-dealkylation sites (N-methyl/N-ethyl adjacent to an activating group) is 1. The number of carbonyl (C=O) groups is 2. The molecule has 1 aliphatic heterocycles. The van der Waals surface area contributed by atoms with Gasteiger partial charge in [0.1, 0.15) is 12.4 Å². The van der Waals surface area contributed by atoms with E-state index in [1.165, 1.54) is 5.70 Å². The van der Waals surface area contributed by atoms with Crippen molar-refractivity contribution in [3.05, 3.63) is 65.9 Å². The molecule has 1 unspecified atom stereocenters. The molecular formula is C22H28N2O3S. The summed E-state index contributed by atoms with van der Waals surface area (Å²) in [4.78, 5) is 25.0. The van der Waals surface area contributed by atoms with Crippen LogP contribution < -0.4 is 10.1 Å². The summed E-state index contributed by atoms with van der Waals surface area (Å²) in [5.41, 5.74) is 2.18. The number of amides is 2. The van der Waals surface area contributed by atoms with Crippen LogP contribution in [0.4, 0.5) is 4.79 Å². The van der Waals surface area contributed by atoms with Crippen LogP contribution in [0.15, 0.2) is 60.3 Å². The predicted octanol–water partition coefficient (Wildman–Crippen LogP) is 4.32. The number of hydrogen-bond donors (Lipinski definition) is 1. The van der Waals surface area contributed by atoms with Gasteiger partial charge in [-0.2, -0.15) is 0 Å². The summed E-state index contributed by atoms with van der Waals surface area (Å²) in [6.45, 7) is 5.55. The van der Waals surface area contributed by atoms with Crippen molar-refractivity contribution in [3.8, 4) is 5.75 Å².